The minimum absolute atomic E-state index is 0.111. The molecule has 172 valence electrons. The molecule has 33 heavy (non-hydrogen) atoms. The molecule has 1 N–H and O–H groups in total. The summed E-state index contributed by atoms with van der Waals surface area (Å²) in [6.45, 7) is 4.74. The van der Waals surface area contributed by atoms with Gasteiger partial charge in [0.15, 0.2) is 0 Å². The van der Waals surface area contributed by atoms with Gasteiger partial charge in [0.25, 0.3) is 0 Å². The molecule has 2 aliphatic heterocycles. The molecule has 0 spiro atoms. The third kappa shape index (κ3) is 3.91. The Balaban J connectivity index is 1.49. The molecule has 2 saturated heterocycles. The number of anilines is 1. The molecule has 2 fully saturated rings. The van der Waals surface area contributed by atoms with Crippen LogP contribution in [0.4, 0.5) is 10.1 Å². The molecule has 2 unspecified atom stereocenters. The molecular formula is C26H28FN3O3. The third-order valence-electron chi connectivity index (χ3n) is 7.20. The molecule has 2 bridgehead atoms. The largest absolute Gasteiger partial charge is 0.477 e. The molecule has 2 aromatic carbocycles. The van der Waals surface area contributed by atoms with Crippen LogP contribution in [0.25, 0.3) is 10.9 Å². The number of nitrogens with zero attached hydrogens (tertiary/aromatic N) is 3. The van der Waals surface area contributed by atoms with Gasteiger partial charge in [0.05, 0.1) is 11.2 Å². The van der Waals surface area contributed by atoms with Crippen LogP contribution >= 0.6 is 0 Å². The molecule has 2 atom stereocenters. The molecule has 1 aromatic heterocycles. The van der Waals surface area contributed by atoms with E-state index in [1.807, 2.05) is 13.0 Å². The number of aromatic nitrogens is 1. The zero-order chi connectivity index (χ0) is 23.1. The first-order valence-electron chi connectivity index (χ1n) is 11.6. The molecule has 0 saturated carbocycles. The average molecular weight is 450 g/mol. The monoisotopic (exact) mass is 449 g/mol. The van der Waals surface area contributed by atoms with Crippen LogP contribution < -0.4 is 10.3 Å². The summed E-state index contributed by atoms with van der Waals surface area (Å²) in [5.74, 6) is -1.77. The van der Waals surface area contributed by atoms with E-state index in [1.54, 1.807) is 10.6 Å². The number of aryl methyl sites for hydroxylation is 1. The fourth-order valence-electron chi connectivity index (χ4n) is 5.50. The van der Waals surface area contributed by atoms with E-state index in [4.69, 9.17) is 0 Å². The topological polar surface area (TPSA) is 65.8 Å². The fraction of sp³-hybridized carbons (Fsp3) is 0.385. The van der Waals surface area contributed by atoms with Gasteiger partial charge in [-0.3, -0.25) is 9.69 Å². The summed E-state index contributed by atoms with van der Waals surface area (Å²) < 4.78 is 17.0. The van der Waals surface area contributed by atoms with Crippen LogP contribution in [0.15, 0.2) is 53.5 Å². The molecule has 3 aromatic rings. The van der Waals surface area contributed by atoms with Gasteiger partial charge in [0.2, 0.25) is 5.43 Å². The Morgan fingerprint density at radius 1 is 1.12 bits per heavy atom. The van der Waals surface area contributed by atoms with Crippen molar-refractivity contribution in [3.8, 4) is 0 Å². The lowest BCUT2D eigenvalue weighted by Crippen LogP contribution is -2.39. The molecule has 3 heterocycles. The minimum Gasteiger partial charge on any atom is -0.477 e. The zero-order valence-electron chi connectivity index (χ0n) is 18.7. The average Bonchev–Trinajstić information content (AvgIpc) is 3.08. The third-order valence-corrected chi connectivity index (χ3v) is 7.20. The first-order chi connectivity index (χ1) is 16.0. The Kier molecular flexibility index (Phi) is 5.66. The summed E-state index contributed by atoms with van der Waals surface area (Å²) in [5, 5.41) is 9.49. The molecule has 7 heteroatoms. The highest BCUT2D eigenvalue weighted by molar-refractivity contribution is 5.93. The van der Waals surface area contributed by atoms with Crippen LogP contribution in [-0.2, 0) is 13.1 Å². The summed E-state index contributed by atoms with van der Waals surface area (Å²) in [6.07, 6.45) is 4.57. The number of carboxylic acids is 1. The van der Waals surface area contributed by atoms with E-state index in [9.17, 15) is 14.7 Å². The maximum atomic E-state index is 15.3. The lowest BCUT2D eigenvalue weighted by Gasteiger charge is -2.30. The highest BCUT2D eigenvalue weighted by Crippen LogP contribution is 2.35. The maximum Gasteiger partial charge on any atom is 0.341 e. The van der Waals surface area contributed by atoms with E-state index in [1.165, 1.54) is 24.2 Å². The van der Waals surface area contributed by atoms with Crippen LogP contribution in [0.3, 0.4) is 0 Å². The van der Waals surface area contributed by atoms with Crippen LogP contribution in [-0.4, -0.2) is 45.7 Å². The number of aromatic carboxylic acids is 1. The first-order valence-corrected chi connectivity index (χ1v) is 11.6. The number of hydrogen-bond donors (Lipinski definition) is 1. The van der Waals surface area contributed by atoms with Crippen LogP contribution in [0.5, 0.6) is 0 Å². The molecule has 2 aliphatic rings. The second-order valence-electron chi connectivity index (χ2n) is 9.06. The van der Waals surface area contributed by atoms with Crippen molar-refractivity contribution in [1.82, 2.24) is 9.47 Å². The molecule has 0 radical (unpaired) electrons. The van der Waals surface area contributed by atoms with Gasteiger partial charge < -0.3 is 14.6 Å². The molecule has 6 nitrogen and oxygen atoms in total. The number of halogens is 1. The van der Waals surface area contributed by atoms with Crippen molar-refractivity contribution in [3.05, 3.63) is 75.8 Å². The van der Waals surface area contributed by atoms with Gasteiger partial charge in [-0.1, -0.05) is 30.3 Å². The van der Waals surface area contributed by atoms with Crippen molar-refractivity contribution < 1.29 is 14.3 Å². The zero-order valence-corrected chi connectivity index (χ0v) is 18.7. The maximum absolute atomic E-state index is 15.3. The predicted molar refractivity (Wildman–Crippen MR) is 126 cm³/mol. The molecule has 0 amide bonds. The van der Waals surface area contributed by atoms with Crippen molar-refractivity contribution in [2.75, 3.05) is 18.0 Å². The number of carboxylic acid groups (broad SMARTS) is 1. The first kappa shape index (κ1) is 21.6. The molecule has 0 aliphatic carbocycles. The number of hydrogen-bond acceptors (Lipinski definition) is 4. The van der Waals surface area contributed by atoms with E-state index >= 15 is 4.39 Å². The van der Waals surface area contributed by atoms with E-state index < -0.39 is 17.2 Å². The summed E-state index contributed by atoms with van der Waals surface area (Å²) >= 11 is 0. The van der Waals surface area contributed by atoms with Crippen molar-refractivity contribution in [2.24, 2.45) is 0 Å². The quantitative estimate of drug-likeness (QED) is 0.635. The van der Waals surface area contributed by atoms with Crippen LogP contribution in [0, 0.1) is 5.82 Å². The lowest BCUT2D eigenvalue weighted by atomic mass is 10.1. The van der Waals surface area contributed by atoms with Gasteiger partial charge in [-0.2, -0.15) is 0 Å². The highest BCUT2D eigenvalue weighted by atomic mass is 19.1. The van der Waals surface area contributed by atoms with Gasteiger partial charge in [-0.15, -0.1) is 0 Å². The Bertz CT molecular complexity index is 1260. The number of benzene rings is 2. The second kappa shape index (κ2) is 8.63. The summed E-state index contributed by atoms with van der Waals surface area (Å²) in [4.78, 5) is 28.8. The van der Waals surface area contributed by atoms with Gasteiger partial charge in [-0.05, 0) is 43.9 Å². The standard InChI is InChI=1S/C26H28FN3O3/c1-2-28-16-21(26(32)33)25(31)20-12-22(27)24(13-23(20)28)29-11-10-18-8-9-19(15-29)30(18)14-17-6-4-3-5-7-17/h3-7,12-13,16,18-19H,2,8-11,14-15H2,1H3,(H,32,33). The summed E-state index contributed by atoms with van der Waals surface area (Å²) in [7, 11) is 0. The number of pyridine rings is 1. The van der Waals surface area contributed by atoms with Gasteiger partial charge in [-0.25, -0.2) is 9.18 Å². The van der Waals surface area contributed by atoms with E-state index in [-0.39, 0.29) is 10.9 Å². The SMILES string of the molecule is CCn1cc(C(=O)O)c(=O)c2cc(F)c(N3CCC4CCC(C3)N4Cc3ccccc3)cc21. The van der Waals surface area contributed by atoms with Crippen molar-refractivity contribution in [2.45, 2.75) is 51.4 Å². The minimum atomic E-state index is -1.30. The molecular weight excluding hydrogens is 421 g/mol. The van der Waals surface area contributed by atoms with Gasteiger partial charge in [0.1, 0.15) is 11.4 Å². The predicted octanol–water partition coefficient (Wildman–Crippen LogP) is 4.10. The van der Waals surface area contributed by atoms with Gasteiger partial charge >= 0.3 is 5.97 Å². The Labute approximate surface area is 191 Å². The van der Waals surface area contributed by atoms with E-state index in [0.717, 1.165) is 32.5 Å². The summed E-state index contributed by atoms with van der Waals surface area (Å²) in [6, 6.07) is 14.2. The lowest BCUT2D eigenvalue weighted by molar-refractivity contribution is 0.0695. The van der Waals surface area contributed by atoms with Crippen molar-refractivity contribution >= 4 is 22.6 Å². The summed E-state index contributed by atoms with van der Waals surface area (Å²) in [5.41, 5.74) is 1.37. The van der Waals surface area contributed by atoms with E-state index in [2.05, 4.69) is 34.1 Å². The van der Waals surface area contributed by atoms with Crippen molar-refractivity contribution in [1.29, 1.82) is 0 Å². The Morgan fingerprint density at radius 2 is 1.88 bits per heavy atom. The Hall–Kier alpha value is -3.19. The highest BCUT2D eigenvalue weighted by Gasteiger charge is 2.37. The van der Waals surface area contributed by atoms with Crippen LogP contribution in [0.2, 0.25) is 0 Å². The number of rotatable bonds is 5. The van der Waals surface area contributed by atoms with Crippen molar-refractivity contribution in [3.63, 3.8) is 0 Å². The smallest absolute Gasteiger partial charge is 0.341 e. The number of carbonyl (C=O) groups is 1. The van der Waals surface area contributed by atoms with Crippen LogP contribution in [0.1, 0.15) is 42.1 Å². The fourth-order valence-corrected chi connectivity index (χ4v) is 5.50. The van der Waals surface area contributed by atoms with Gasteiger partial charge in [0, 0.05) is 49.8 Å². The number of fused-ring (bicyclic) bond motifs is 3. The second-order valence-corrected chi connectivity index (χ2v) is 9.06. The normalized spacial score (nSPS) is 20.8. The Morgan fingerprint density at radius 3 is 2.61 bits per heavy atom. The van der Waals surface area contributed by atoms with E-state index in [0.29, 0.717) is 29.8 Å². The molecule has 5 rings (SSSR count).